The lowest BCUT2D eigenvalue weighted by atomic mass is 10.2. The number of ether oxygens (including phenoxy) is 2. The third kappa shape index (κ3) is 7.05. The van der Waals surface area contributed by atoms with E-state index >= 15 is 0 Å². The van der Waals surface area contributed by atoms with Crippen molar-refractivity contribution in [2.45, 2.75) is 13.8 Å². The summed E-state index contributed by atoms with van der Waals surface area (Å²) in [6.45, 7) is 3.21. The van der Waals surface area contributed by atoms with Gasteiger partial charge in [0.1, 0.15) is 6.54 Å². The predicted octanol–water partition coefficient (Wildman–Crippen LogP) is 5.00. The third-order valence-corrected chi connectivity index (χ3v) is 6.68. The van der Waals surface area contributed by atoms with Gasteiger partial charge in [0.15, 0.2) is 18.1 Å². The number of aryl methyl sites for hydroxylation is 2. The van der Waals surface area contributed by atoms with Crippen LogP contribution >= 0.6 is 11.8 Å². The minimum atomic E-state index is -0.559. The summed E-state index contributed by atoms with van der Waals surface area (Å²) in [6.07, 6.45) is 1.54. The SMILES string of the molecule is COc1cc(/C=C2\SC(=O)N(CC(=O)Nc3ccc(C)cc3)C2=O)ccc1OCC(=O)Nc1ccccc1C. The molecule has 9 nitrogen and oxygen atoms in total. The van der Waals surface area contributed by atoms with E-state index in [1.807, 2.05) is 44.2 Å². The highest BCUT2D eigenvalue weighted by Crippen LogP contribution is 2.34. The van der Waals surface area contributed by atoms with Gasteiger partial charge in [-0.3, -0.25) is 24.1 Å². The first-order valence-corrected chi connectivity index (χ1v) is 12.8. The van der Waals surface area contributed by atoms with Crippen LogP contribution in [-0.4, -0.2) is 48.1 Å². The Morgan fingerprint density at radius 1 is 0.923 bits per heavy atom. The standard InChI is InChI=1S/C29H27N3O6S/c1-18-8-11-21(12-9-18)30-26(33)16-32-28(35)25(39-29(32)36)15-20-10-13-23(24(14-20)37-3)38-17-27(34)31-22-7-5-4-6-19(22)2/h4-15H,16-17H2,1-3H3,(H,30,33)(H,31,34)/b25-15-. The first-order valence-electron chi connectivity index (χ1n) is 12.0. The number of hydrogen-bond acceptors (Lipinski definition) is 7. The number of benzene rings is 3. The highest BCUT2D eigenvalue weighted by Gasteiger charge is 2.36. The molecule has 10 heteroatoms. The highest BCUT2D eigenvalue weighted by atomic mass is 32.2. The van der Waals surface area contributed by atoms with Crippen molar-refractivity contribution in [2.24, 2.45) is 0 Å². The number of carbonyl (C=O) groups excluding carboxylic acids is 4. The molecule has 2 N–H and O–H groups in total. The minimum Gasteiger partial charge on any atom is -0.493 e. The summed E-state index contributed by atoms with van der Waals surface area (Å²) in [5.74, 6) is -0.664. The number of nitrogens with zero attached hydrogens (tertiary/aromatic N) is 1. The lowest BCUT2D eigenvalue weighted by Gasteiger charge is -2.13. The van der Waals surface area contributed by atoms with Crippen LogP contribution in [0.25, 0.3) is 6.08 Å². The number of para-hydroxylation sites is 1. The van der Waals surface area contributed by atoms with E-state index in [1.165, 1.54) is 7.11 Å². The summed E-state index contributed by atoms with van der Waals surface area (Å²) in [5, 5.41) is 4.96. The van der Waals surface area contributed by atoms with E-state index in [1.54, 1.807) is 42.5 Å². The number of rotatable bonds is 9. The average molecular weight is 546 g/mol. The van der Waals surface area contributed by atoms with E-state index in [0.29, 0.717) is 28.4 Å². The summed E-state index contributed by atoms with van der Waals surface area (Å²) in [5.41, 5.74) is 3.84. The second-order valence-electron chi connectivity index (χ2n) is 8.74. The van der Waals surface area contributed by atoms with E-state index in [0.717, 1.165) is 27.8 Å². The fourth-order valence-electron chi connectivity index (χ4n) is 3.70. The summed E-state index contributed by atoms with van der Waals surface area (Å²) in [6, 6.07) is 19.5. The van der Waals surface area contributed by atoms with Crippen LogP contribution in [-0.2, 0) is 14.4 Å². The summed E-state index contributed by atoms with van der Waals surface area (Å²) < 4.78 is 11.0. The van der Waals surface area contributed by atoms with E-state index in [4.69, 9.17) is 9.47 Å². The number of imide groups is 1. The Labute approximate surface area is 230 Å². The molecule has 1 heterocycles. The van der Waals surface area contributed by atoms with Gasteiger partial charge in [0.2, 0.25) is 5.91 Å². The number of hydrogen-bond donors (Lipinski definition) is 2. The van der Waals surface area contributed by atoms with Crippen LogP contribution in [0, 0.1) is 13.8 Å². The number of nitrogens with one attached hydrogen (secondary N) is 2. The van der Waals surface area contributed by atoms with Crippen molar-refractivity contribution in [1.82, 2.24) is 4.90 Å². The first-order chi connectivity index (χ1) is 18.7. The van der Waals surface area contributed by atoms with Gasteiger partial charge in [0, 0.05) is 11.4 Å². The fraction of sp³-hybridized carbons (Fsp3) is 0.172. The van der Waals surface area contributed by atoms with Gasteiger partial charge >= 0.3 is 0 Å². The summed E-state index contributed by atoms with van der Waals surface area (Å²) in [4.78, 5) is 51.2. The number of carbonyl (C=O) groups is 4. The Morgan fingerprint density at radius 3 is 2.38 bits per heavy atom. The number of anilines is 2. The molecule has 0 bridgehead atoms. The summed E-state index contributed by atoms with van der Waals surface area (Å²) >= 11 is 0.754. The van der Waals surface area contributed by atoms with Crippen molar-refractivity contribution >= 4 is 52.2 Å². The van der Waals surface area contributed by atoms with Gasteiger partial charge in [0.05, 0.1) is 12.0 Å². The zero-order valence-corrected chi connectivity index (χ0v) is 22.5. The second kappa shape index (κ2) is 12.3. The number of thioether (sulfide) groups is 1. The molecular formula is C29H27N3O6S. The maximum Gasteiger partial charge on any atom is 0.294 e. The van der Waals surface area contributed by atoms with Crippen LogP contribution in [0.15, 0.2) is 71.6 Å². The summed E-state index contributed by atoms with van der Waals surface area (Å²) in [7, 11) is 1.46. The fourth-order valence-corrected chi connectivity index (χ4v) is 4.54. The Balaban J connectivity index is 1.38. The molecule has 0 aromatic heterocycles. The molecule has 0 radical (unpaired) electrons. The zero-order chi connectivity index (χ0) is 27.9. The molecule has 200 valence electrons. The first kappa shape index (κ1) is 27.5. The maximum atomic E-state index is 12.9. The Morgan fingerprint density at radius 2 is 1.67 bits per heavy atom. The third-order valence-electron chi connectivity index (χ3n) is 5.77. The van der Waals surface area contributed by atoms with Crippen molar-refractivity contribution in [3.8, 4) is 11.5 Å². The van der Waals surface area contributed by atoms with E-state index in [9.17, 15) is 19.2 Å². The lowest BCUT2D eigenvalue weighted by Crippen LogP contribution is -2.36. The predicted molar refractivity (Wildman–Crippen MR) is 151 cm³/mol. The van der Waals surface area contributed by atoms with Gasteiger partial charge in [0.25, 0.3) is 17.1 Å². The van der Waals surface area contributed by atoms with Gasteiger partial charge in [-0.05, 0) is 73.1 Å². The Bertz CT molecular complexity index is 1450. The molecule has 0 spiro atoms. The molecular weight excluding hydrogens is 518 g/mol. The van der Waals surface area contributed by atoms with Crippen LogP contribution in [0.4, 0.5) is 16.2 Å². The van der Waals surface area contributed by atoms with Crippen LogP contribution in [0.5, 0.6) is 11.5 Å². The molecule has 0 saturated carbocycles. The Hall–Kier alpha value is -4.57. The molecule has 1 saturated heterocycles. The molecule has 0 aliphatic carbocycles. The van der Waals surface area contributed by atoms with E-state index in [2.05, 4.69) is 10.6 Å². The van der Waals surface area contributed by atoms with Crippen LogP contribution in [0.3, 0.4) is 0 Å². The van der Waals surface area contributed by atoms with Crippen molar-refractivity contribution in [2.75, 3.05) is 30.9 Å². The average Bonchev–Trinajstić information content (AvgIpc) is 3.17. The zero-order valence-electron chi connectivity index (χ0n) is 21.6. The molecule has 4 amide bonds. The minimum absolute atomic E-state index is 0.177. The molecule has 1 aliphatic rings. The normalized spacial score (nSPS) is 13.9. The maximum absolute atomic E-state index is 12.9. The largest absolute Gasteiger partial charge is 0.493 e. The number of methoxy groups -OCH3 is 1. The number of amides is 4. The van der Waals surface area contributed by atoms with Gasteiger partial charge in [-0.25, -0.2) is 0 Å². The quantitative estimate of drug-likeness (QED) is 0.364. The van der Waals surface area contributed by atoms with Gasteiger partial charge in [-0.15, -0.1) is 0 Å². The Kier molecular flexibility index (Phi) is 8.67. The van der Waals surface area contributed by atoms with E-state index in [-0.39, 0.29) is 17.4 Å². The van der Waals surface area contributed by atoms with Crippen molar-refractivity contribution in [3.05, 3.63) is 88.3 Å². The van der Waals surface area contributed by atoms with Gasteiger partial charge in [-0.1, -0.05) is 42.0 Å². The van der Waals surface area contributed by atoms with Gasteiger partial charge in [-0.2, -0.15) is 0 Å². The molecule has 1 fully saturated rings. The van der Waals surface area contributed by atoms with Gasteiger partial charge < -0.3 is 20.1 Å². The van der Waals surface area contributed by atoms with E-state index < -0.39 is 23.6 Å². The highest BCUT2D eigenvalue weighted by molar-refractivity contribution is 8.18. The van der Waals surface area contributed by atoms with Crippen LogP contribution in [0.1, 0.15) is 16.7 Å². The topological polar surface area (TPSA) is 114 Å². The molecule has 0 atom stereocenters. The second-order valence-corrected chi connectivity index (χ2v) is 9.74. The smallest absolute Gasteiger partial charge is 0.294 e. The monoisotopic (exact) mass is 545 g/mol. The van der Waals surface area contributed by atoms with Crippen molar-refractivity contribution in [3.63, 3.8) is 0 Å². The molecule has 39 heavy (non-hydrogen) atoms. The molecule has 1 aliphatic heterocycles. The van der Waals surface area contributed by atoms with Crippen LogP contribution < -0.4 is 20.1 Å². The molecule has 0 unspecified atom stereocenters. The van der Waals surface area contributed by atoms with Crippen molar-refractivity contribution in [1.29, 1.82) is 0 Å². The van der Waals surface area contributed by atoms with Crippen LogP contribution in [0.2, 0.25) is 0 Å². The molecule has 3 aromatic carbocycles. The molecule has 4 rings (SSSR count). The van der Waals surface area contributed by atoms with Crippen molar-refractivity contribution < 1.29 is 28.7 Å². The molecule has 3 aromatic rings. The lowest BCUT2D eigenvalue weighted by molar-refractivity contribution is -0.127.